The van der Waals surface area contributed by atoms with Crippen molar-refractivity contribution in [2.24, 2.45) is 0 Å². The molecular weight excluding hydrogens is 341 g/mol. The Bertz CT molecular complexity index is 718. The fourth-order valence-electron chi connectivity index (χ4n) is 3.40. The van der Waals surface area contributed by atoms with E-state index in [1.807, 2.05) is 12.4 Å². The maximum absolute atomic E-state index is 13.5. The first-order valence-corrected chi connectivity index (χ1v) is 9.22. The summed E-state index contributed by atoms with van der Waals surface area (Å²) < 4.78 is 15.7. The molecule has 25 heavy (non-hydrogen) atoms. The Morgan fingerprint density at radius 1 is 1.32 bits per heavy atom. The van der Waals surface area contributed by atoms with Crippen molar-refractivity contribution in [2.75, 3.05) is 13.1 Å². The second-order valence-corrected chi connectivity index (χ2v) is 6.99. The number of nitrogens with zero attached hydrogens (tertiary/aromatic N) is 3. The fraction of sp³-hybridized carbons (Fsp3) is 0.474. The van der Waals surface area contributed by atoms with Crippen LogP contribution in [0, 0.1) is 5.82 Å². The van der Waals surface area contributed by atoms with Crippen molar-refractivity contribution in [3.63, 3.8) is 0 Å². The molecule has 1 aliphatic heterocycles. The summed E-state index contributed by atoms with van der Waals surface area (Å²) in [6.07, 6.45) is 7.94. The number of imidazole rings is 1. The summed E-state index contributed by atoms with van der Waals surface area (Å²) in [7, 11) is 0. The van der Waals surface area contributed by atoms with Crippen LogP contribution in [0.2, 0.25) is 5.02 Å². The van der Waals surface area contributed by atoms with Gasteiger partial charge in [-0.25, -0.2) is 9.37 Å². The number of carbonyl (C=O) groups excluding carboxylic acids is 1. The molecule has 0 aliphatic carbocycles. The third kappa shape index (κ3) is 4.21. The summed E-state index contributed by atoms with van der Waals surface area (Å²) in [5, 5.41) is 0.246. The molecule has 1 amide bonds. The molecular formula is C19H23ClFN3O. The van der Waals surface area contributed by atoms with E-state index in [1.165, 1.54) is 18.2 Å². The van der Waals surface area contributed by atoms with Gasteiger partial charge in [-0.1, -0.05) is 24.9 Å². The highest BCUT2D eigenvalue weighted by atomic mass is 35.5. The largest absolute Gasteiger partial charge is 0.339 e. The first kappa shape index (κ1) is 17.9. The first-order valence-electron chi connectivity index (χ1n) is 8.85. The molecule has 2 heterocycles. The molecule has 1 fully saturated rings. The number of likely N-dealkylation sites (tertiary alicyclic amines) is 1. The number of halogens is 2. The van der Waals surface area contributed by atoms with Crippen LogP contribution >= 0.6 is 11.6 Å². The van der Waals surface area contributed by atoms with Crippen LogP contribution in [0.5, 0.6) is 0 Å². The third-order valence-corrected chi connectivity index (χ3v) is 4.98. The van der Waals surface area contributed by atoms with Crippen LogP contribution in [0.15, 0.2) is 30.6 Å². The van der Waals surface area contributed by atoms with Gasteiger partial charge in [0, 0.05) is 48.5 Å². The van der Waals surface area contributed by atoms with Gasteiger partial charge >= 0.3 is 0 Å². The van der Waals surface area contributed by atoms with E-state index < -0.39 is 5.82 Å². The molecule has 0 N–H and O–H groups in total. The topological polar surface area (TPSA) is 38.1 Å². The van der Waals surface area contributed by atoms with Crippen LogP contribution in [-0.4, -0.2) is 33.4 Å². The van der Waals surface area contributed by atoms with E-state index in [4.69, 9.17) is 11.6 Å². The number of aromatic nitrogens is 2. The molecule has 6 heteroatoms. The van der Waals surface area contributed by atoms with Gasteiger partial charge in [-0.2, -0.15) is 0 Å². The SMILES string of the molecule is CCCCn1ccnc1C1CCN(C(=O)c2cc(F)cc(Cl)c2)CC1. The van der Waals surface area contributed by atoms with E-state index in [9.17, 15) is 9.18 Å². The van der Waals surface area contributed by atoms with Gasteiger partial charge in [-0.15, -0.1) is 0 Å². The van der Waals surface area contributed by atoms with Gasteiger partial charge in [-0.05, 0) is 37.5 Å². The van der Waals surface area contributed by atoms with Gasteiger partial charge in [0.1, 0.15) is 11.6 Å². The molecule has 134 valence electrons. The molecule has 0 spiro atoms. The van der Waals surface area contributed by atoms with Crippen LogP contribution in [0.4, 0.5) is 4.39 Å². The molecule has 0 unspecified atom stereocenters. The normalized spacial score (nSPS) is 15.6. The Morgan fingerprint density at radius 2 is 2.08 bits per heavy atom. The number of unbranched alkanes of at least 4 members (excludes halogenated alkanes) is 1. The summed E-state index contributed by atoms with van der Waals surface area (Å²) in [6.45, 7) is 4.47. The quantitative estimate of drug-likeness (QED) is 0.784. The summed E-state index contributed by atoms with van der Waals surface area (Å²) >= 11 is 5.86. The number of rotatable bonds is 5. The lowest BCUT2D eigenvalue weighted by Crippen LogP contribution is -2.38. The second kappa shape index (κ2) is 8.00. The summed E-state index contributed by atoms with van der Waals surface area (Å²) in [4.78, 5) is 18.9. The molecule has 4 nitrogen and oxygen atoms in total. The van der Waals surface area contributed by atoms with E-state index in [-0.39, 0.29) is 10.9 Å². The number of benzene rings is 1. The van der Waals surface area contributed by atoms with E-state index in [0.29, 0.717) is 24.6 Å². The maximum Gasteiger partial charge on any atom is 0.254 e. The number of amides is 1. The smallest absolute Gasteiger partial charge is 0.254 e. The average Bonchev–Trinajstić information content (AvgIpc) is 3.07. The molecule has 1 aliphatic rings. The van der Waals surface area contributed by atoms with Gasteiger partial charge in [-0.3, -0.25) is 4.79 Å². The standard InChI is InChI=1S/C19H23ClFN3O/c1-2-3-7-23-10-6-22-18(23)14-4-8-24(9-5-14)19(25)15-11-16(20)13-17(21)12-15/h6,10-14H,2-5,7-9H2,1H3. The minimum absolute atomic E-state index is 0.158. The highest BCUT2D eigenvalue weighted by Crippen LogP contribution is 2.28. The van der Waals surface area contributed by atoms with E-state index in [2.05, 4.69) is 16.5 Å². The van der Waals surface area contributed by atoms with Crippen LogP contribution < -0.4 is 0 Å². The van der Waals surface area contributed by atoms with Crippen molar-refractivity contribution in [3.05, 3.63) is 52.8 Å². The number of hydrogen-bond acceptors (Lipinski definition) is 2. The number of hydrogen-bond donors (Lipinski definition) is 0. The van der Waals surface area contributed by atoms with Crippen LogP contribution in [0.25, 0.3) is 0 Å². The first-order chi connectivity index (χ1) is 12.1. The molecule has 2 aromatic rings. The molecule has 0 bridgehead atoms. The Balaban J connectivity index is 1.64. The van der Waals surface area contributed by atoms with Gasteiger partial charge < -0.3 is 9.47 Å². The van der Waals surface area contributed by atoms with Crippen molar-refractivity contribution >= 4 is 17.5 Å². The minimum Gasteiger partial charge on any atom is -0.339 e. The summed E-state index contributed by atoms with van der Waals surface area (Å²) in [5.74, 6) is 0.846. The van der Waals surface area contributed by atoms with E-state index in [1.54, 1.807) is 4.90 Å². The molecule has 0 saturated carbocycles. The van der Waals surface area contributed by atoms with Crippen LogP contribution in [0.3, 0.4) is 0 Å². The zero-order valence-corrected chi connectivity index (χ0v) is 15.2. The van der Waals surface area contributed by atoms with Crippen LogP contribution in [0.1, 0.15) is 54.7 Å². The number of carbonyl (C=O) groups is 1. The molecule has 0 atom stereocenters. The van der Waals surface area contributed by atoms with Crippen molar-refractivity contribution in [2.45, 2.75) is 45.1 Å². The van der Waals surface area contributed by atoms with Crippen molar-refractivity contribution < 1.29 is 9.18 Å². The zero-order valence-electron chi connectivity index (χ0n) is 14.4. The second-order valence-electron chi connectivity index (χ2n) is 6.56. The summed E-state index contributed by atoms with van der Waals surface area (Å²) in [6, 6.07) is 3.98. The van der Waals surface area contributed by atoms with Gasteiger partial charge in [0.05, 0.1) is 0 Å². The maximum atomic E-state index is 13.5. The van der Waals surface area contributed by atoms with E-state index in [0.717, 1.165) is 38.1 Å². The fourth-order valence-corrected chi connectivity index (χ4v) is 3.62. The zero-order chi connectivity index (χ0) is 17.8. The van der Waals surface area contributed by atoms with Gasteiger partial charge in [0.15, 0.2) is 0 Å². The minimum atomic E-state index is -0.483. The Morgan fingerprint density at radius 3 is 2.76 bits per heavy atom. The average molecular weight is 364 g/mol. The third-order valence-electron chi connectivity index (χ3n) is 4.76. The lowest BCUT2D eigenvalue weighted by molar-refractivity contribution is 0.0709. The number of piperidine rings is 1. The molecule has 0 radical (unpaired) electrons. The Labute approximate surface area is 152 Å². The van der Waals surface area contributed by atoms with Crippen molar-refractivity contribution in [1.29, 1.82) is 0 Å². The monoisotopic (exact) mass is 363 g/mol. The molecule has 3 rings (SSSR count). The lowest BCUT2D eigenvalue weighted by Gasteiger charge is -2.32. The predicted octanol–water partition coefficient (Wildman–Crippen LogP) is 4.50. The van der Waals surface area contributed by atoms with Crippen LogP contribution in [-0.2, 0) is 6.54 Å². The Hall–Kier alpha value is -1.88. The molecule has 1 aromatic heterocycles. The predicted molar refractivity (Wildman–Crippen MR) is 96.4 cm³/mol. The lowest BCUT2D eigenvalue weighted by atomic mass is 9.95. The number of aryl methyl sites for hydroxylation is 1. The van der Waals surface area contributed by atoms with Crippen molar-refractivity contribution in [1.82, 2.24) is 14.5 Å². The molecule has 1 aromatic carbocycles. The van der Waals surface area contributed by atoms with Gasteiger partial charge in [0.2, 0.25) is 0 Å². The highest BCUT2D eigenvalue weighted by Gasteiger charge is 2.27. The highest BCUT2D eigenvalue weighted by molar-refractivity contribution is 6.31. The van der Waals surface area contributed by atoms with Gasteiger partial charge in [0.25, 0.3) is 5.91 Å². The molecule has 1 saturated heterocycles. The summed E-state index contributed by atoms with van der Waals surface area (Å²) in [5.41, 5.74) is 0.313. The van der Waals surface area contributed by atoms with Crippen molar-refractivity contribution in [3.8, 4) is 0 Å². The van der Waals surface area contributed by atoms with E-state index >= 15 is 0 Å². The Kier molecular flexibility index (Phi) is 5.74.